The van der Waals surface area contributed by atoms with Gasteiger partial charge >= 0.3 is 0 Å². The molecule has 1 atom stereocenters. The van der Waals surface area contributed by atoms with Crippen molar-refractivity contribution in [3.8, 4) is 0 Å². The van der Waals surface area contributed by atoms with E-state index >= 15 is 0 Å². The number of likely N-dealkylation sites (tertiary alicyclic amines) is 1. The molecule has 3 rings (SSSR count). The second-order valence-electron chi connectivity index (χ2n) is 6.05. The Labute approximate surface area is 109 Å². The van der Waals surface area contributed by atoms with Gasteiger partial charge in [0.1, 0.15) is 0 Å². The molecule has 1 aromatic rings. The number of nitrogens with two attached hydrogens (primary N) is 1. The van der Waals surface area contributed by atoms with Crippen LogP contribution in [-0.2, 0) is 6.42 Å². The van der Waals surface area contributed by atoms with Gasteiger partial charge in [0.05, 0.1) is 5.60 Å². The molecule has 2 aliphatic rings. The number of rotatable bonds is 1. The second kappa shape index (κ2) is 4.25. The van der Waals surface area contributed by atoms with Crippen molar-refractivity contribution >= 4 is 5.69 Å². The summed E-state index contributed by atoms with van der Waals surface area (Å²) in [5.41, 5.74) is 9.12. The van der Waals surface area contributed by atoms with E-state index in [1.807, 2.05) is 13.0 Å². The zero-order chi connectivity index (χ0) is 12.8. The first-order valence-corrected chi connectivity index (χ1v) is 6.90. The average molecular weight is 246 g/mol. The second-order valence-corrected chi connectivity index (χ2v) is 6.05. The Morgan fingerprint density at radius 3 is 2.78 bits per heavy atom. The molecule has 0 radical (unpaired) electrons. The standard InChI is InChI=1S/C15H22N2O/c1-15(18)6-8-17(9-7-15)14-5-2-11-10-12(16)3-4-13(11)14/h3-4,10,14,18H,2,5-9,16H2,1H3. The third-order valence-electron chi connectivity index (χ3n) is 4.53. The van der Waals surface area contributed by atoms with E-state index in [0.717, 1.165) is 38.0 Å². The summed E-state index contributed by atoms with van der Waals surface area (Å²) in [6, 6.07) is 6.86. The fourth-order valence-electron chi connectivity index (χ4n) is 3.31. The number of piperidine rings is 1. The van der Waals surface area contributed by atoms with Gasteiger partial charge < -0.3 is 10.8 Å². The lowest BCUT2D eigenvalue weighted by Crippen LogP contribution is -2.43. The fourth-order valence-corrected chi connectivity index (χ4v) is 3.31. The van der Waals surface area contributed by atoms with E-state index in [4.69, 9.17) is 5.73 Å². The van der Waals surface area contributed by atoms with Crippen LogP contribution < -0.4 is 5.73 Å². The molecule has 3 N–H and O–H groups in total. The van der Waals surface area contributed by atoms with Crippen LogP contribution in [0.25, 0.3) is 0 Å². The highest BCUT2D eigenvalue weighted by Gasteiger charge is 2.34. The van der Waals surface area contributed by atoms with Crippen LogP contribution in [0.3, 0.4) is 0 Å². The summed E-state index contributed by atoms with van der Waals surface area (Å²) in [5.74, 6) is 0. The van der Waals surface area contributed by atoms with Crippen LogP contribution >= 0.6 is 0 Å². The lowest BCUT2D eigenvalue weighted by atomic mass is 9.92. The zero-order valence-electron chi connectivity index (χ0n) is 11.0. The van der Waals surface area contributed by atoms with Crippen LogP contribution in [-0.4, -0.2) is 28.7 Å². The summed E-state index contributed by atoms with van der Waals surface area (Å²) < 4.78 is 0. The van der Waals surface area contributed by atoms with E-state index < -0.39 is 5.60 Å². The predicted octanol–water partition coefficient (Wildman–Crippen LogP) is 2.10. The van der Waals surface area contributed by atoms with Gasteiger partial charge in [0.2, 0.25) is 0 Å². The molecule has 3 heteroatoms. The number of nitrogen functional groups attached to an aromatic ring is 1. The summed E-state index contributed by atoms with van der Waals surface area (Å²) >= 11 is 0. The predicted molar refractivity (Wildman–Crippen MR) is 73.3 cm³/mol. The van der Waals surface area contributed by atoms with Crippen molar-refractivity contribution in [2.45, 2.75) is 44.2 Å². The van der Waals surface area contributed by atoms with E-state index in [2.05, 4.69) is 17.0 Å². The Bertz CT molecular complexity index is 446. The number of anilines is 1. The largest absolute Gasteiger partial charge is 0.399 e. The number of hydrogen-bond acceptors (Lipinski definition) is 3. The number of benzene rings is 1. The Balaban J connectivity index is 1.77. The number of aryl methyl sites for hydroxylation is 1. The number of hydrogen-bond donors (Lipinski definition) is 2. The van der Waals surface area contributed by atoms with Crippen LogP contribution in [0.15, 0.2) is 18.2 Å². The number of fused-ring (bicyclic) bond motifs is 1. The molecule has 1 aliphatic carbocycles. The van der Waals surface area contributed by atoms with Crippen molar-refractivity contribution < 1.29 is 5.11 Å². The monoisotopic (exact) mass is 246 g/mol. The van der Waals surface area contributed by atoms with E-state index in [1.54, 1.807) is 0 Å². The van der Waals surface area contributed by atoms with Crippen LogP contribution in [0.4, 0.5) is 5.69 Å². The molecule has 1 saturated heterocycles. The van der Waals surface area contributed by atoms with Crippen LogP contribution in [0, 0.1) is 0 Å². The van der Waals surface area contributed by atoms with Gasteiger partial charge in [0.25, 0.3) is 0 Å². The van der Waals surface area contributed by atoms with Gasteiger partial charge in [-0.3, -0.25) is 4.90 Å². The quantitative estimate of drug-likeness (QED) is 0.746. The normalized spacial score (nSPS) is 27.1. The maximum Gasteiger partial charge on any atom is 0.0644 e. The molecule has 0 bridgehead atoms. The molecule has 0 amide bonds. The van der Waals surface area contributed by atoms with Gasteiger partial charge in [0.15, 0.2) is 0 Å². The van der Waals surface area contributed by atoms with E-state index in [-0.39, 0.29) is 0 Å². The minimum atomic E-state index is -0.459. The van der Waals surface area contributed by atoms with Crippen molar-refractivity contribution in [3.63, 3.8) is 0 Å². The molecule has 0 saturated carbocycles. The third-order valence-corrected chi connectivity index (χ3v) is 4.53. The van der Waals surface area contributed by atoms with Crippen molar-refractivity contribution in [1.29, 1.82) is 0 Å². The van der Waals surface area contributed by atoms with Crippen LogP contribution in [0.1, 0.15) is 43.4 Å². The van der Waals surface area contributed by atoms with Crippen molar-refractivity contribution in [2.24, 2.45) is 0 Å². The molecule has 3 nitrogen and oxygen atoms in total. The summed E-state index contributed by atoms with van der Waals surface area (Å²) in [5, 5.41) is 10.0. The fraction of sp³-hybridized carbons (Fsp3) is 0.600. The maximum atomic E-state index is 10.0. The molecule has 1 unspecified atom stereocenters. The molecule has 1 aliphatic heterocycles. The zero-order valence-corrected chi connectivity index (χ0v) is 11.0. The highest BCUT2D eigenvalue weighted by molar-refractivity contribution is 5.47. The SMILES string of the molecule is CC1(O)CCN(C2CCc3cc(N)ccc32)CC1. The highest BCUT2D eigenvalue weighted by atomic mass is 16.3. The summed E-state index contributed by atoms with van der Waals surface area (Å²) in [4.78, 5) is 2.53. The van der Waals surface area contributed by atoms with E-state index in [9.17, 15) is 5.11 Å². The molecular formula is C15H22N2O. The smallest absolute Gasteiger partial charge is 0.0644 e. The first kappa shape index (κ1) is 12.0. The summed E-state index contributed by atoms with van der Waals surface area (Å²) in [6.45, 7) is 3.95. The topological polar surface area (TPSA) is 49.5 Å². The number of aliphatic hydroxyl groups is 1. The first-order chi connectivity index (χ1) is 8.55. The average Bonchev–Trinajstić information content (AvgIpc) is 2.72. The van der Waals surface area contributed by atoms with Gasteiger partial charge in [0, 0.05) is 24.8 Å². The minimum absolute atomic E-state index is 0.459. The molecule has 0 aromatic heterocycles. The van der Waals surface area contributed by atoms with Crippen LogP contribution in [0.5, 0.6) is 0 Å². The number of nitrogens with zero attached hydrogens (tertiary/aromatic N) is 1. The maximum absolute atomic E-state index is 10.0. The lowest BCUT2D eigenvalue weighted by Gasteiger charge is -2.39. The van der Waals surface area contributed by atoms with Crippen molar-refractivity contribution in [3.05, 3.63) is 29.3 Å². The highest BCUT2D eigenvalue weighted by Crippen LogP contribution is 2.38. The van der Waals surface area contributed by atoms with E-state index in [0.29, 0.717) is 6.04 Å². The van der Waals surface area contributed by atoms with Crippen molar-refractivity contribution in [1.82, 2.24) is 4.90 Å². The Hall–Kier alpha value is -1.06. The molecule has 98 valence electrons. The lowest BCUT2D eigenvalue weighted by molar-refractivity contribution is -0.0167. The Morgan fingerprint density at radius 1 is 1.33 bits per heavy atom. The van der Waals surface area contributed by atoms with Gasteiger partial charge in [-0.15, -0.1) is 0 Å². The first-order valence-electron chi connectivity index (χ1n) is 6.90. The third kappa shape index (κ3) is 2.13. The van der Waals surface area contributed by atoms with Crippen molar-refractivity contribution in [2.75, 3.05) is 18.8 Å². The molecule has 1 fully saturated rings. The molecule has 1 aromatic carbocycles. The molecular weight excluding hydrogens is 224 g/mol. The molecule has 18 heavy (non-hydrogen) atoms. The summed E-state index contributed by atoms with van der Waals surface area (Å²) in [7, 11) is 0. The van der Waals surface area contributed by atoms with E-state index in [1.165, 1.54) is 17.5 Å². The van der Waals surface area contributed by atoms with Crippen LogP contribution in [0.2, 0.25) is 0 Å². The molecule has 1 heterocycles. The minimum Gasteiger partial charge on any atom is -0.399 e. The summed E-state index contributed by atoms with van der Waals surface area (Å²) in [6.07, 6.45) is 4.10. The van der Waals surface area contributed by atoms with Gasteiger partial charge in [-0.1, -0.05) is 6.07 Å². The van der Waals surface area contributed by atoms with Gasteiger partial charge in [-0.2, -0.15) is 0 Å². The Kier molecular flexibility index (Phi) is 2.83. The Morgan fingerprint density at radius 2 is 2.06 bits per heavy atom. The van der Waals surface area contributed by atoms with Gasteiger partial charge in [-0.25, -0.2) is 0 Å². The molecule has 0 spiro atoms. The van der Waals surface area contributed by atoms with Gasteiger partial charge in [-0.05, 0) is 55.9 Å².